The first kappa shape index (κ1) is 11.5. The zero-order chi connectivity index (χ0) is 10.9. The highest BCUT2D eigenvalue weighted by Crippen LogP contribution is 1.99. The molecule has 1 aromatic carbocycles. The summed E-state index contributed by atoms with van der Waals surface area (Å²) in [5.74, 6) is 0.121. The maximum Gasteiger partial charge on any atom is 0.220 e. The zero-order valence-corrected chi connectivity index (χ0v) is 9.07. The Morgan fingerprint density at radius 2 is 2.07 bits per heavy atom. The second kappa shape index (κ2) is 6.82. The van der Waals surface area contributed by atoms with E-state index >= 15 is 0 Å². The fourth-order valence-electron chi connectivity index (χ4n) is 1.25. The average molecular weight is 203 g/mol. The Labute approximate surface area is 91.0 Å². The number of benzene rings is 1. The monoisotopic (exact) mass is 203 g/mol. The standard InChI is InChI=1S/C13H17NO/c1-2-7-13(15)14-11-6-10-12-8-4-3-5-9-12/h3-6,8-10H,2,7,11H2,1H3,(H,14,15)/b10-6+. The molecule has 0 heterocycles. The van der Waals surface area contributed by atoms with Crippen LogP contribution in [-0.2, 0) is 4.79 Å². The van der Waals surface area contributed by atoms with Crippen molar-refractivity contribution in [2.24, 2.45) is 0 Å². The quantitative estimate of drug-likeness (QED) is 0.783. The number of carbonyl (C=O) groups is 1. The van der Waals surface area contributed by atoms with Crippen LogP contribution in [0.3, 0.4) is 0 Å². The molecule has 0 aliphatic carbocycles. The molecule has 1 N–H and O–H groups in total. The lowest BCUT2D eigenvalue weighted by molar-refractivity contribution is -0.120. The zero-order valence-electron chi connectivity index (χ0n) is 9.07. The minimum atomic E-state index is 0.121. The minimum Gasteiger partial charge on any atom is -0.353 e. The summed E-state index contributed by atoms with van der Waals surface area (Å²) in [4.78, 5) is 11.1. The van der Waals surface area contributed by atoms with Crippen LogP contribution in [0.4, 0.5) is 0 Å². The third kappa shape index (κ3) is 5.01. The van der Waals surface area contributed by atoms with Crippen molar-refractivity contribution in [1.82, 2.24) is 5.32 Å². The summed E-state index contributed by atoms with van der Waals surface area (Å²) >= 11 is 0. The van der Waals surface area contributed by atoms with Crippen molar-refractivity contribution < 1.29 is 4.79 Å². The molecule has 80 valence electrons. The lowest BCUT2D eigenvalue weighted by atomic mass is 10.2. The number of hydrogen-bond donors (Lipinski definition) is 1. The van der Waals surface area contributed by atoms with Gasteiger partial charge in [0.2, 0.25) is 5.91 Å². The fraction of sp³-hybridized carbons (Fsp3) is 0.308. The van der Waals surface area contributed by atoms with Gasteiger partial charge < -0.3 is 5.32 Å². The van der Waals surface area contributed by atoms with Crippen LogP contribution in [0.25, 0.3) is 6.08 Å². The molecule has 0 saturated heterocycles. The summed E-state index contributed by atoms with van der Waals surface area (Å²) in [6, 6.07) is 10.0. The second-order valence-corrected chi connectivity index (χ2v) is 3.37. The summed E-state index contributed by atoms with van der Waals surface area (Å²) in [7, 11) is 0. The Bertz CT molecular complexity index is 317. The number of amides is 1. The lowest BCUT2D eigenvalue weighted by Crippen LogP contribution is -2.22. The molecule has 1 amide bonds. The Balaban J connectivity index is 2.26. The summed E-state index contributed by atoms with van der Waals surface area (Å²) < 4.78 is 0. The Kier molecular flexibility index (Phi) is 5.23. The van der Waals surface area contributed by atoms with E-state index in [-0.39, 0.29) is 5.91 Å². The highest BCUT2D eigenvalue weighted by molar-refractivity contribution is 5.76. The molecule has 0 unspecified atom stereocenters. The average Bonchev–Trinajstić information content (AvgIpc) is 2.26. The predicted octanol–water partition coefficient (Wildman–Crippen LogP) is 2.62. The normalized spacial score (nSPS) is 10.5. The van der Waals surface area contributed by atoms with Crippen molar-refractivity contribution in [3.05, 3.63) is 42.0 Å². The molecule has 1 aromatic rings. The van der Waals surface area contributed by atoms with E-state index in [0.717, 1.165) is 12.0 Å². The SMILES string of the molecule is CCCC(=O)NC/C=C/c1ccccc1. The van der Waals surface area contributed by atoms with Gasteiger partial charge in [0.25, 0.3) is 0 Å². The molecule has 0 aliphatic heterocycles. The molecule has 1 rings (SSSR count). The molecule has 0 aliphatic rings. The largest absolute Gasteiger partial charge is 0.353 e. The molecule has 15 heavy (non-hydrogen) atoms. The van der Waals surface area contributed by atoms with Gasteiger partial charge in [-0.2, -0.15) is 0 Å². The first-order valence-electron chi connectivity index (χ1n) is 5.31. The number of carbonyl (C=O) groups excluding carboxylic acids is 1. The van der Waals surface area contributed by atoms with E-state index in [1.165, 1.54) is 0 Å². The van der Waals surface area contributed by atoms with E-state index in [1.807, 2.05) is 49.4 Å². The van der Waals surface area contributed by atoms with E-state index in [4.69, 9.17) is 0 Å². The van der Waals surface area contributed by atoms with Crippen LogP contribution in [0.2, 0.25) is 0 Å². The molecule has 0 radical (unpaired) electrons. The molecule has 0 bridgehead atoms. The van der Waals surface area contributed by atoms with Crippen LogP contribution in [0.1, 0.15) is 25.3 Å². The summed E-state index contributed by atoms with van der Waals surface area (Å²) in [5, 5.41) is 2.83. The van der Waals surface area contributed by atoms with Gasteiger partial charge in [0, 0.05) is 13.0 Å². The van der Waals surface area contributed by atoms with E-state index in [2.05, 4.69) is 5.32 Å². The maximum absolute atomic E-state index is 11.1. The molecule has 0 atom stereocenters. The smallest absolute Gasteiger partial charge is 0.220 e. The van der Waals surface area contributed by atoms with Crippen molar-refractivity contribution in [2.45, 2.75) is 19.8 Å². The number of rotatable bonds is 5. The van der Waals surface area contributed by atoms with Crippen LogP contribution in [0.15, 0.2) is 36.4 Å². The van der Waals surface area contributed by atoms with Crippen LogP contribution >= 0.6 is 0 Å². The van der Waals surface area contributed by atoms with E-state index in [1.54, 1.807) is 0 Å². The van der Waals surface area contributed by atoms with Crippen LogP contribution in [-0.4, -0.2) is 12.5 Å². The number of hydrogen-bond acceptors (Lipinski definition) is 1. The Hall–Kier alpha value is -1.57. The van der Waals surface area contributed by atoms with Gasteiger partial charge in [0.15, 0.2) is 0 Å². The number of nitrogens with one attached hydrogen (secondary N) is 1. The summed E-state index contributed by atoms with van der Waals surface area (Å²) in [5.41, 5.74) is 1.15. The van der Waals surface area contributed by atoms with Gasteiger partial charge >= 0.3 is 0 Å². The van der Waals surface area contributed by atoms with E-state index in [0.29, 0.717) is 13.0 Å². The summed E-state index contributed by atoms with van der Waals surface area (Å²) in [6.45, 7) is 2.60. The lowest BCUT2D eigenvalue weighted by Gasteiger charge is -1.99. The molecular formula is C13H17NO. The van der Waals surface area contributed by atoms with E-state index in [9.17, 15) is 4.79 Å². The van der Waals surface area contributed by atoms with Gasteiger partial charge in [-0.1, -0.05) is 49.4 Å². The van der Waals surface area contributed by atoms with E-state index < -0.39 is 0 Å². The topological polar surface area (TPSA) is 29.1 Å². The fourth-order valence-corrected chi connectivity index (χ4v) is 1.25. The molecule has 0 saturated carbocycles. The van der Waals surface area contributed by atoms with Crippen molar-refractivity contribution >= 4 is 12.0 Å². The second-order valence-electron chi connectivity index (χ2n) is 3.37. The van der Waals surface area contributed by atoms with Crippen molar-refractivity contribution in [3.63, 3.8) is 0 Å². The highest BCUT2D eigenvalue weighted by Gasteiger charge is 1.94. The maximum atomic E-state index is 11.1. The van der Waals surface area contributed by atoms with Gasteiger partial charge in [-0.25, -0.2) is 0 Å². The third-order valence-corrected chi connectivity index (χ3v) is 2.00. The Morgan fingerprint density at radius 1 is 1.33 bits per heavy atom. The van der Waals surface area contributed by atoms with Crippen molar-refractivity contribution in [1.29, 1.82) is 0 Å². The first-order valence-corrected chi connectivity index (χ1v) is 5.31. The Morgan fingerprint density at radius 3 is 2.73 bits per heavy atom. The summed E-state index contributed by atoms with van der Waals surface area (Å²) in [6.07, 6.45) is 5.47. The minimum absolute atomic E-state index is 0.121. The molecule has 0 aromatic heterocycles. The molecule has 0 spiro atoms. The van der Waals surface area contributed by atoms with Gasteiger partial charge in [-0.15, -0.1) is 0 Å². The first-order chi connectivity index (χ1) is 7.33. The van der Waals surface area contributed by atoms with Gasteiger partial charge in [-0.05, 0) is 12.0 Å². The van der Waals surface area contributed by atoms with Crippen molar-refractivity contribution in [2.75, 3.05) is 6.54 Å². The van der Waals surface area contributed by atoms with Crippen molar-refractivity contribution in [3.8, 4) is 0 Å². The molecule has 2 heteroatoms. The third-order valence-electron chi connectivity index (χ3n) is 2.00. The predicted molar refractivity (Wildman–Crippen MR) is 63.4 cm³/mol. The van der Waals surface area contributed by atoms with Gasteiger partial charge in [0.05, 0.1) is 0 Å². The van der Waals surface area contributed by atoms with Crippen LogP contribution in [0.5, 0.6) is 0 Å². The van der Waals surface area contributed by atoms with Gasteiger partial charge in [0.1, 0.15) is 0 Å². The van der Waals surface area contributed by atoms with Crippen LogP contribution < -0.4 is 5.32 Å². The van der Waals surface area contributed by atoms with Gasteiger partial charge in [-0.3, -0.25) is 4.79 Å². The highest BCUT2D eigenvalue weighted by atomic mass is 16.1. The molecular weight excluding hydrogens is 186 g/mol. The molecule has 0 fully saturated rings. The molecule has 2 nitrogen and oxygen atoms in total. The van der Waals surface area contributed by atoms with Crippen LogP contribution in [0, 0.1) is 0 Å².